The molecule has 1 atom stereocenters. The number of nitrogens with zero attached hydrogens (tertiary/aromatic N) is 2. The molecule has 2 aliphatic heterocycles. The maximum absolute atomic E-state index is 11.3. The topological polar surface area (TPSA) is 66.6 Å². The van der Waals surface area contributed by atoms with Gasteiger partial charge in [-0.15, -0.1) is 0 Å². The maximum atomic E-state index is 11.3. The molecule has 0 aromatic rings. The first-order chi connectivity index (χ1) is 6.59. The molecule has 74 valence electrons. The lowest BCUT2D eigenvalue weighted by Gasteiger charge is -2.42. The van der Waals surface area contributed by atoms with E-state index in [9.17, 15) is 9.59 Å². The van der Waals surface area contributed by atoms with E-state index in [-0.39, 0.29) is 11.9 Å². The number of fused-ring (bicyclic) bond motifs is 1. The van der Waals surface area contributed by atoms with Gasteiger partial charge < -0.3 is 5.73 Å². The number of rotatable bonds is 0. The molecule has 0 aromatic heterocycles. The lowest BCUT2D eigenvalue weighted by Crippen LogP contribution is -2.60. The van der Waals surface area contributed by atoms with Gasteiger partial charge in [-0.25, -0.2) is 14.8 Å². The van der Waals surface area contributed by atoms with Gasteiger partial charge in [-0.3, -0.25) is 4.79 Å². The van der Waals surface area contributed by atoms with Crippen LogP contribution in [-0.2, 0) is 4.79 Å². The summed E-state index contributed by atoms with van der Waals surface area (Å²) < 4.78 is 0. The second-order valence-corrected chi connectivity index (χ2v) is 3.42. The van der Waals surface area contributed by atoms with Gasteiger partial charge in [0.2, 0.25) is 5.91 Å². The van der Waals surface area contributed by atoms with E-state index in [0.717, 1.165) is 10.6 Å². The first kappa shape index (κ1) is 8.80. The minimum Gasteiger partial charge on any atom is -0.350 e. The van der Waals surface area contributed by atoms with Crippen molar-refractivity contribution in [1.29, 1.82) is 0 Å². The molecule has 2 aliphatic rings. The molecule has 5 nitrogen and oxygen atoms in total. The Morgan fingerprint density at radius 3 is 2.93 bits per heavy atom. The number of primary amides is 1. The fraction of sp³-hybridized carbons (Fsp3) is 0.333. The first-order valence-corrected chi connectivity index (χ1v) is 4.37. The molecule has 2 heterocycles. The highest BCUT2D eigenvalue weighted by molar-refractivity contribution is 5.87. The molecule has 1 fully saturated rings. The standard InChI is InChI=1S/C9H11N3O2/c1-6-2-3-11(9(10)14)12-7(4-6)5-8(12)13/h2-4,7H,5H2,1H3,(H2,10,14). The number of carbonyl (C=O) groups excluding carboxylic acids is 2. The number of allylic oxidation sites excluding steroid dienone is 2. The summed E-state index contributed by atoms with van der Waals surface area (Å²) in [4.78, 5) is 22.3. The minimum absolute atomic E-state index is 0.0231. The van der Waals surface area contributed by atoms with Crippen molar-refractivity contribution in [1.82, 2.24) is 10.0 Å². The number of urea groups is 1. The number of hydrazine groups is 1. The van der Waals surface area contributed by atoms with Gasteiger partial charge in [0, 0.05) is 6.20 Å². The first-order valence-electron chi connectivity index (χ1n) is 4.37. The lowest BCUT2D eigenvalue weighted by molar-refractivity contribution is -0.158. The summed E-state index contributed by atoms with van der Waals surface area (Å²) in [5, 5.41) is 2.53. The van der Waals surface area contributed by atoms with Crippen molar-refractivity contribution in [2.45, 2.75) is 19.4 Å². The predicted octanol–water partition coefficient (Wildman–Crippen LogP) is 0.357. The number of nitrogens with two attached hydrogens (primary N) is 1. The molecule has 0 aliphatic carbocycles. The van der Waals surface area contributed by atoms with Gasteiger partial charge in [0.1, 0.15) is 0 Å². The number of β-lactam (4-membered cyclic amide) rings is 1. The van der Waals surface area contributed by atoms with Gasteiger partial charge in [0.05, 0.1) is 12.5 Å². The molecule has 0 spiro atoms. The molecule has 0 bridgehead atoms. The molecule has 2 N–H and O–H groups in total. The van der Waals surface area contributed by atoms with E-state index in [0.29, 0.717) is 6.42 Å². The van der Waals surface area contributed by atoms with Crippen molar-refractivity contribution in [3.05, 3.63) is 23.9 Å². The third kappa shape index (κ3) is 1.17. The van der Waals surface area contributed by atoms with E-state index in [4.69, 9.17) is 5.73 Å². The summed E-state index contributed by atoms with van der Waals surface area (Å²) in [6.45, 7) is 1.92. The lowest BCUT2D eigenvalue weighted by atomic mass is 10.0. The normalized spacial score (nSPS) is 25.1. The minimum atomic E-state index is -0.637. The molecule has 2 rings (SSSR count). The fourth-order valence-corrected chi connectivity index (χ4v) is 1.64. The Morgan fingerprint density at radius 2 is 2.36 bits per heavy atom. The fourth-order valence-electron chi connectivity index (χ4n) is 1.64. The van der Waals surface area contributed by atoms with Crippen molar-refractivity contribution in [2.24, 2.45) is 5.73 Å². The Kier molecular flexibility index (Phi) is 1.80. The average Bonchev–Trinajstić information content (AvgIpc) is 2.22. The quantitative estimate of drug-likeness (QED) is 0.564. The van der Waals surface area contributed by atoms with Crippen LogP contribution in [0.2, 0.25) is 0 Å². The van der Waals surface area contributed by atoms with Gasteiger partial charge in [-0.2, -0.15) is 0 Å². The van der Waals surface area contributed by atoms with Crippen molar-refractivity contribution < 1.29 is 9.59 Å². The summed E-state index contributed by atoms with van der Waals surface area (Å²) in [5.41, 5.74) is 6.17. The molecule has 0 radical (unpaired) electrons. The molecular formula is C9H11N3O2. The van der Waals surface area contributed by atoms with Crippen LogP contribution in [0, 0.1) is 0 Å². The van der Waals surface area contributed by atoms with Crippen LogP contribution in [0.25, 0.3) is 0 Å². The Labute approximate surface area is 81.4 Å². The molecule has 5 heteroatoms. The molecule has 3 amide bonds. The van der Waals surface area contributed by atoms with Crippen LogP contribution in [-0.4, -0.2) is 28.0 Å². The second-order valence-electron chi connectivity index (χ2n) is 3.42. The molecule has 14 heavy (non-hydrogen) atoms. The van der Waals surface area contributed by atoms with E-state index in [2.05, 4.69) is 0 Å². The average molecular weight is 193 g/mol. The Balaban J connectivity index is 2.32. The third-order valence-corrected chi connectivity index (χ3v) is 2.35. The second kappa shape index (κ2) is 2.87. The van der Waals surface area contributed by atoms with Gasteiger partial charge in [0.15, 0.2) is 0 Å². The Bertz CT molecular complexity index is 359. The summed E-state index contributed by atoms with van der Waals surface area (Å²) in [7, 11) is 0. The van der Waals surface area contributed by atoms with Crippen LogP contribution in [0.15, 0.2) is 23.9 Å². The van der Waals surface area contributed by atoms with Crippen molar-refractivity contribution >= 4 is 11.9 Å². The highest BCUT2D eigenvalue weighted by atomic mass is 16.2. The van der Waals surface area contributed by atoms with Crippen LogP contribution in [0.4, 0.5) is 4.79 Å². The molecule has 1 saturated heterocycles. The van der Waals surface area contributed by atoms with Gasteiger partial charge in [-0.05, 0) is 13.0 Å². The monoisotopic (exact) mass is 193 g/mol. The highest BCUT2D eigenvalue weighted by Gasteiger charge is 2.40. The Morgan fingerprint density at radius 1 is 1.64 bits per heavy atom. The zero-order valence-corrected chi connectivity index (χ0v) is 7.80. The summed E-state index contributed by atoms with van der Waals surface area (Å²) >= 11 is 0. The Hall–Kier alpha value is -1.78. The number of carbonyl (C=O) groups is 2. The highest BCUT2D eigenvalue weighted by Crippen LogP contribution is 2.26. The van der Waals surface area contributed by atoms with Crippen molar-refractivity contribution in [2.75, 3.05) is 0 Å². The number of hydrogen-bond donors (Lipinski definition) is 1. The van der Waals surface area contributed by atoms with Crippen LogP contribution in [0.3, 0.4) is 0 Å². The number of hydrogen-bond acceptors (Lipinski definition) is 2. The molecular weight excluding hydrogens is 182 g/mol. The van der Waals surface area contributed by atoms with Crippen LogP contribution < -0.4 is 5.73 Å². The zero-order valence-electron chi connectivity index (χ0n) is 7.80. The maximum Gasteiger partial charge on any atom is 0.337 e. The summed E-state index contributed by atoms with van der Waals surface area (Å²) in [6, 6.07) is -0.660. The van der Waals surface area contributed by atoms with E-state index in [1.807, 2.05) is 13.0 Å². The largest absolute Gasteiger partial charge is 0.350 e. The van der Waals surface area contributed by atoms with Gasteiger partial charge in [-0.1, -0.05) is 11.6 Å². The van der Waals surface area contributed by atoms with Crippen LogP contribution in [0.5, 0.6) is 0 Å². The van der Waals surface area contributed by atoms with Crippen molar-refractivity contribution in [3.63, 3.8) is 0 Å². The van der Waals surface area contributed by atoms with Crippen molar-refractivity contribution in [3.8, 4) is 0 Å². The van der Waals surface area contributed by atoms with Crippen LogP contribution >= 0.6 is 0 Å². The van der Waals surface area contributed by atoms with E-state index < -0.39 is 6.03 Å². The SMILES string of the molecule is CC1=CC2CC(=O)N2N(C(N)=O)C=C1. The van der Waals surface area contributed by atoms with E-state index in [1.165, 1.54) is 11.2 Å². The molecule has 1 unspecified atom stereocenters. The third-order valence-electron chi connectivity index (χ3n) is 2.35. The van der Waals surface area contributed by atoms with Gasteiger partial charge in [0.25, 0.3) is 0 Å². The molecule has 0 aromatic carbocycles. The van der Waals surface area contributed by atoms with E-state index >= 15 is 0 Å². The summed E-state index contributed by atoms with van der Waals surface area (Å²) in [6.07, 6.45) is 5.67. The zero-order chi connectivity index (χ0) is 10.3. The predicted molar refractivity (Wildman–Crippen MR) is 49.6 cm³/mol. The van der Waals surface area contributed by atoms with Crippen LogP contribution in [0.1, 0.15) is 13.3 Å². The smallest absolute Gasteiger partial charge is 0.337 e. The van der Waals surface area contributed by atoms with Gasteiger partial charge >= 0.3 is 6.03 Å². The van der Waals surface area contributed by atoms with E-state index in [1.54, 1.807) is 6.08 Å². The summed E-state index contributed by atoms with van der Waals surface area (Å²) in [5.74, 6) is -0.0793. The number of amides is 3. The molecule has 0 saturated carbocycles.